The zero-order chi connectivity index (χ0) is 12.2. The smallest absolute Gasteiger partial charge is 0.0971 e. The highest BCUT2D eigenvalue weighted by molar-refractivity contribution is 4.88. The molecule has 2 unspecified atom stereocenters. The molecule has 16 heavy (non-hydrogen) atoms. The maximum absolute atomic E-state index is 5.44. The lowest BCUT2D eigenvalue weighted by atomic mass is 9.93. The number of likely N-dealkylation sites (tertiary alicyclic amines) is 1. The molecule has 0 aromatic heterocycles. The third-order valence-corrected chi connectivity index (χ3v) is 3.20. The van der Waals surface area contributed by atoms with Crippen LogP contribution in [0, 0.1) is 5.41 Å². The van der Waals surface area contributed by atoms with E-state index in [0.717, 1.165) is 26.2 Å². The molecule has 1 heterocycles. The monoisotopic (exact) mass is 230 g/mol. The fraction of sp³-hybridized carbons (Fsp3) is 1.00. The average molecular weight is 230 g/mol. The summed E-state index contributed by atoms with van der Waals surface area (Å²) in [6, 6.07) is 0. The number of hydrogen-bond donors (Lipinski definition) is 1. The van der Waals surface area contributed by atoms with Crippen LogP contribution in [0.25, 0.3) is 0 Å². The van der Waals surface area contributed by atoms with Gasteiger partial charge in [-0.15, -0.1) is 0 Å². The van der Waals surface area contributed by atoms with Gasteiger partial charge in [0.2, 0.25) is 0 Å². The van der Waals surface area contributed by atoms with Crippen LogP contribution in [0.2, 0.25) is 0 Å². The summed E-state index contributed by atoms with van der Waals surface area (Å²) in [6.45, 7) is 8.62. The molecule has 1 saturated heterocycles. The molecule has 0 radical (unpaired) electrons. The second-order valence-corrected chi connectivity index (χ2v) is 5.44. The van der Waals surface area contributed by atoms with Crippen LogP contribution in [0.5, 0.6) is 0 Å². The summed E-state index contributed by atoms with van der Waals surface area (Å²) >= 11 is 0. The number of nitrogens with zero attached hydrogens (tertiary/aromatic N) is 1. The molecular weight excluding hydrogens is 204 g/mol. The molecule has 0 bridgehead atoms. The Labute approximate surface area is 99.3 Å². The maximum atomic E-state index is 5.44. The van der Waals surface area contributed by atoms with Crippen molar-refractivity contribution in [1.29, 1.82) is 0 Å². The number of hydrogen-bond acceptors (Lipinski definition) is 4. The summed E-state index contributed by atoms with van der Waals surface area (Å²) in [5.74, 6) is 0. The molecule has 0 amide bonds. The van der Waals surface area contributed by atoms with Crippen LogP contribution in [0.3, 0.4) is 0 Å². The minimum Gasteiger partial charge on any atom is -0.377 e. The number of rotatable bonds is 6. The molecule has 1 aliphatic heterocycles. The topological polar surface area (TPSA) is 33.7 Å². The summed E-state index contributed by atoms with van der Waals surface area (Å²) in [7, 11) is 5.53. The molecule has 4 nitrogen and oxygen atoms in total. The van der Waals surface area contributed by atoms with E-state index >= 15 is 0 Å². The van der Waals surface area contributed by atoms with E-state index in [2.05, 4.69) is 24.1 Å². The Morgan fingerprint density at radius 3 is 2.06 bits per heavy atom. The van der Waals surface area contributed by atoms with E-state index in [0.29, 0.717) is 0 Å². The minimum absolute atomic E-state index is 0.218. The molecule has 1 N–H and O–H groups in total. The van der Waals surface area contributed by atoms with Gasteiger partial charge in [0.25, 0.3) is 0 Å². The summed E-state index contributed by atoms with van der Waals surface area (Å²) < 4.78 is 10.9. The van der Waals surface area contributed by atoms with Gasteiger partial charge in [-0.25, -0.2) is 0 Å². The molecule has 1 rings (SSSR count). The van der Waals surface area contributed by atoms with E-state index in [4.69, 9.17) is 9.47 Å². The van der Waals surface area contributed by atoms with Crippen molar-refractivity contribution in [2.45, 2.75) is 26.1 Å². The predicted octanol–water partition coefficient (Wildman–Crippen LogP) is 0.578. The standard InChI is InChI=1S/C12H26N2O2/c1-12(2,8-13-3)9-14-6-10(15-4)11(7-14)16-5/h10-11,13H,6-9H2,1-5H3. The summed E-state index contributed by atoms with van der Waals surface area (Å²) in [6.07, 6.45) is 0.436. The lowest BCUT2D eigenvalue weighted by molar-refractivity contribution is -0.00461. The Morgan fingerprint density at radius 2 is 1.69 bits per heavy atom. The van der Waals surface area contributed by atoms with Gasteiger partial charge in [0, 0.05) is 40.4 Å². The van der Waals surface area contributed by atoms with Gasteiger partial charge >= 0.3 is 0 Å². The molecule has 4 heteroatoms. The minimum atomic E-state index is 0.218. The highest BCUT2D eigenvalue weighted by Crippen LogP contribution is 2.22. The van der Waals surface area contributed by atoms with Crippen LogP contribution >= 0.6 is 0 Å². The van der Waals surface area contributed by atoms with Gasteiger partial charge in [-0.3, -0.25) is 4.90 Å². The van der Waals surface area contributed by atoms with Crippen molar-refractivity contribution < 1.29 is 9.47 Å². The molecule has 0 aromatic carbocycles. The lowest BCUT2D eigenvalue weighted by Gasteiger charge is -2.29. The Hall–Kier alpha value is -0.160. The summed E-state index contributed by atoms with van der Waals surface area (Å²) in [4.78, 5) is 2.43. The summed E-state index contributed by atoms with van der Waals surface area (Å²) in [5.41, 5.74) is 0.287. The van der Waals surface area contributed by atoms with Gasteiger partial charge < -0.3 is 14.8 Å². The molecule has 2 atom stereocenters. The third kappa shape index (κ3) is 3.70. The largest absolute Gasteiger partial charge is 0.377 e. The fourth-order valence-electron chi connectivity index (χ4n) is 2.54. The Kier molecular flexibility index (Phi) is 5.18. The Balaban J connectivity index is 2.45. The van der Waals surface area contributed by atoms with Crippen LogP contribution < -0.4 is 5.32 Å². The van der Waals surface area contributed by atoms with Crippen LogP contribution in [-0.2, 0) is 9.47 Å². The second-order valence-electron chi connectivity index (χ2n) is 5.44. The predicted molar refractivity (Wildman–Crippen MR) is 65.7 cm³/mol. The van der Waals surface area contributed by atoms with Crippen molar-refractivity contribution in [1.82, 2.24) is 10.2 Å². The SMILES string of the molecule is CNCC(C)(C)CN1CC(OC)C(OC)C1. The number of ether oxygens (including phenoxy) is 2. The van der Waals surface area contributed by atoms with E-state index in [1.807, 2.05) is 7.05 Å². The van der Waals surface area contributed by atoms with E-state index < -0.39 is 0 Å². The van der Waals surface area contributed by atoms with Crippen molar-refractivity contribution in [2.75, 3.05) is 47.4 Å². The normalized spacial score (nSPS) is 27.6. The molecule has 1 aliphatic rings. The first-order chi connectivity index (χ1) is 7.52. The van der Waals surface area contributed by atoms with Crippen molar-refractivity contribution in [3.05, 3.63) is 0 Å². The molecule has 1 fully saturated rings. The summed E-state index contributed by atoms with van der Waals surface area (Å²) in [5, 5.41) is 3.24. The molecule has 96 valence electrons. The first-order valence-electron chi connectivity index (χ1n) is 5.95. The van der Waals surface area contributed by atoms with Crippen molar-refractivity contribution >= 4 is 0 Å². The van der Waals surface area contributed by atoms with Gasteiger partial charge in [0.15, 0.2) is 0 Å². The zero-order valence-corrected chi connectivity index (χ0v) is 11.2. The van der Waals surface area contributed by atoms with Crippen LogP contribution in [0.15, 0.2) is 0 Å². The number of nitrogens with one attached hydrogen (secondary N) is 1. The van der Waals surface area contributed by atoms with Gasteiger partial charge in [0.1, 0.15) is 0 Å². The van der Waals surface area contributed by atoms with Crippen molar-refractivity contribution in [3.63, 3.8) is 0 Å². The van der Waals surface area contributed by atoms with Gasteiger partial charge in [-0.2, -0.15) is 0 Å². The van der Waals surface area contributed by atoms with E-state index in [9.17, 15) is 0 Å². The van der Waals surface area contributed by atoms with E-state index in [-0.39, 0.29) is 17.6 Å². The second kappa shape index (κ2) is 5.96. The molecule has 0 aromatic rings. The average Bonchev–Trinajstić information content (AvgIpc) is 2.59. The van der Waals surface area contributed by atoms with E-state index in [1.54, 1.807) is 14.2 Å². The molecule has 0 spiro atoms. The first-order valence-corrected chi connectivity index (χ1v) is 5.95. The third-order valence-electron chi connectivity index (χ3n) is 3.20. The molecule has 0 aliphatic carbocycles. The Bertz CT molecular complexity index is 197. The van der Waals surface area contributed by atoms with Gasteiger partial charge in [-0.1, -0.05) is 13.8 Å². The quantitative estimate of drug-likeness (QED) is 0.723. The molecule has 0 saturated carbocycles. The van der Waals surface area contributed by atoms with Crippen molar-refractivity contribution in [2.24, 2.45) is 5.41 Å². The van der Waals surface area contributed by atoms with Gasteiger partial charge in [0.05, 0.1) is 12.2 Å². The lowest BCUT2D eigenvalue weighted by Crippen LogP contribution is -2.39. The first kappa shape index (κ1) is 13.9. The molecular formula is C12H26N2O2. The maximum Gasteiger partial charge on any atom is 0.0971 e. The zero-order valence-electron chi connectivity index (χ0n) is 11.2. The van der Waals surface area contributed by atoms with E-state index in [1.165, 1.54) is 0 Å². The fourth-order valence-corrected chi connectivity index (χ4v) is 2.54. The Morgan fingerprint density at radius 1 is 1.19 bits per heavy atom. The number of methoxy groups -OCH3 is 2. The van der Waals surface area contributed by atoms with Crippen LogP contribution in [0.4, 0.5) is 0 Å². The van der Waals surface area contributed by atoms with Crippen LogP contribution in [0.1, 0.15) is 13.8 Å². The van der Waals surface area contributed by atoms with Crippen LogP contribution in [-0.4, -0.2) is 64.6 Å². The van der Waals surface area contributed by atoms with Gasteiger partial charge in [-0.05, 0) is 12.5 Å². The van der Waals surface area contributed by atoms with Crippen molar-refractivity contribution in [3.8, 4) is 0 Å². The highest BCUT2D eigenvalue weighted by Gasteiger charge is 2.35. The highest BCUT2D eigenvalue weighted by atomic mass is 16.5.